The SMILES string of the molecule is C=CCNC(=O)c1c(C)nn2cccnc12. The van der Waals surface area contributed by atoms with Crippen LogP contribution in [0.1, 0.15) is 16.1 Å². The highest BCUT2D eigenvalue weighted by molar-refractivity contribution is 6.01. The molecule has 5 heteroatoms. The van der Waals surface area contributed by atoms with Gasteiger partial charge in [0.05, 0.1) is 5.69 Å². The van der Waals surface area contributed by atoms with Crippen LogP contribution in [0.4, 0.5) is 0 Å². The molecule has 2 rings (SSSR count). The molecule has 16 heavy (non-hydrogen) atoms. The number of hydrogen-bond donors (Lipinski definition) is 1. The maximum absolute atomic E-state index is 11.8. The van der Waals surface area contributed by atoms with Crippen LogP contribution in [0.2, 0.25) is 0 Å². The second-order valence-electron chi connectivity index (χ2n) is 3.35. The van der Waals surface area contributed by atoms with Crippen molar-refractivity contribution in [3.8, 4) is 0 Å². The molecule has 0 spiro atoms. The van der Waals surface area contributed by atoms with Crippen LogP contribution in [0.15, 0.2) is 31.1 Å². The molecule has 2 heterocycles. The fraction of sp³-hybridized carbons (Fsp3) is 0.182. The molecule has 0 aromatic carbocycles. The molecule has 5 nitrogen and oxygen atoms in total. The number of amides is 1. The lowest BCUT2D eigenvalue weighted by Crippen LogP contribution is -2.23. The van der Waals surface area contributed by atoms with E-state index >= 15 is 0 Å². The first-order chi connectivity index (χ1) is 7.74. The minimum absolute atomic E-state index is 0.175. The van der Waals surface area contributed by atoms with Crippen LogP contribution in [0.3, 0.4) is 0 Å². The smallest absolute Gasteiger partial charge is 0.257 e. The highest BCUT2D eigenvalue weighted by Crippen LogP contribution is 2.12. The number of carbonyl (C=O) groups is 1. The van der Waals surface area contributed by atoms with E-state index in [1.807, 2.05) is 0 Å². The van der Waals surface area contributed by atoms with E-state index in [9.17, 15) is 4.79 Å². The topological polar surface area (TPSA) is 59.3 Å². The van der Waals surface area contributed by atoms with Crippen LogP contribution < -0.4 is 5.32 Å². The van der Waals surface area contributed by atoms with Gasteiger partial charge in [-0.2, -0.15) is 5.10 Å². The van der Waals surface area contributed by atoms with Crippen molar-refractivity contribution in [3.63, 3.8) is 0 Å². The Hall–Kier alpha value is -2.17. The molecular formula is C11H12N4O. The summed E-state index contributed by atoms with van der Waals surface area (Å²) in [5, 5.41) is 6.93. The van der Waals surface area contributed by atoms with E-state index in [1.54, 1.807) is 36.0 Å². The number of fused-ring (bicyclic) bond motifs is 1. The first-order valence-corrected chi connectivity index (χ1v) is 4.93. The Balaban J connectivity index is 2.46. The fourth-order valence-electron chi connectivity index (χ4n) is 1.52. The normalized spacial score (nSPS) is 10.3. The van der Waals surface area contributed by atoms with Crippen molar-refractivity contribution in [1.29, 1.82) is 0 Å². The number of hydrogen-bond acceptors (Lipinski definition) is 3. The lowest BCUT2D eigenvalue weighted by Gasteiger charge is -2.00. The lowest BCUT2D eigenvalue weighted by molar-refractivity contribution is 0.0959. The quantitative estimate of drug-likeness (QED) is 0.777. The van der Waals surface area contributed by atoms with Gasteiger partial charge in [0.2, 0.25) is 0 Å². The summed E-state index contributed by atoms with van der Waals surface area (Å²) >= 11 is 0. The van der Waals surface area contributed by atoms with Gasteiger partial charge in [-0.3, -0.25) is 4.79 Å². The summed E-state index contributed by atoms with van der Waals surface area (Å²) in [7, 11) is 0. The van der Waals surface area contributed by atoms with Gasteiger partial charge in [-0.15, -0.1) is 6.58 Å². The maximum Gasteiger partial charge on any atom is 0.257 e. The molecule has 2 aromatic rings. The summed E-state index contributed by atoms with van der Waals surface area (Å²) in [4.78, 5) is 16.0. The average Bonchev–Trinajstić information content (AvgIpc) is 2.62. The molecule has 0 aliphatic heterocycles. The van der Waals surface area contributed by atoms with Gasteiger partial charge in [0.25, 0.3) is 5.91 Å². The fourth-order valence-corrected chi connectivity index (χ4v) is 1.52. The van der Waals surface area contributed by atoms with Crippen molar-refractivity contribution < 1.29 is 4.79 Å². The van der Waals surface area contributed by atoms with E-state index < -0.39 is 0 Å². The van der Waals surface area contributed by atoms with Gasteiger partial charge in [0.15, 0.2) is 5.65 Å². The third kappa shape index (κ3) is 1.67. The lowest BCUT2D eigenvalue weighted by atomic mass is 10.2. The van der Waals surface area contributed by atoms with Crippen LogP contribution in [-0.2, 0) is 0 Å². The zero-order chi connectivity index (χ0) is 11.5. The van der Waals surface area contributed by atoms with Crippen LogP contribution >= 0.6 is 0 Å². The van der Waals surface area contributed by atoms with Crippen molar-refractivity contribution in [3.05, 3.63) is 42.4 Å². The number of aryl methyl sites for hydroxylation is 1. The minimum atomic E-state index is -0.175. The molecule has 0 saturated carbocycles. The maximum atomic E-state index is 11.8. The predicted octanol–water partition coefficient (Wildman–Crippen LogP) is 0.954. The van der Waals surface area contributed by atoms with Gasteiger partial charge < -0.3 is 5.32 Å². The third-order valence-corrected chi connectivity index (χ3v) is 2.20. The van der Waals surface area contributed by atoms with E-state index in [-0.39, 0.29) is 5.91 Å². The number of nitrogens with one attached hydrogen (secondary N) is 1. The van der Waals surface area contributed by atoms with Gasteiger partial charge in [-0.25, -0.2) is 9.50 Å². The number of aromatic nitrogens is 3. The molecule has 0 saturated heterocycles. The molecule has 1 amide bonds. The summed E-state index contributed by atoms with van der Waals surface area (Å²) in [6.07, 6.45) is 5.03. The van der Waals surface area contributed by atoms with E-state index in [2.05, 4.69) is 22.0 Å². The molecule has 0 fully saturated rings. The molecule has 2 aromatic heterocycles. The molecule has 0 aliphatic rings. The average molecular weight is 216 g/mol. The Labute approximate surface area is 92.8 Å². The second kappa shape index (κ2) is 4.14. The second-order valence-corrected chi connectivity index (χ2v) is 3.35. The Morgan fingerprint density at radius 3 is 3.25 bits per heavy atom. The summed E-state index contributed by atoms with van der Waals surface area (Å²) in [5.74, 6) is -0.175. The van der Waals surface area contributed by atoms with Crippen LogP contribution in [0, 0.1) is 6.92 Å². The van der Waals surface area contributed by atoms with Gasteiger partial charge in [0, 0.05) is 18.9 Å². The van der Waals surface area contributed by atoms with E-state index in [4.69, 9.17) is 0 Å². The molecule has 1 N–H and O–H groups in total. The molecule has 0 atom stereocenters. The van der Waals surface area contributed by atoms with Crippen LogP contribution in [-0.4, -0.2) is 27.0 Å². The zero-order valence-electron chi connectivity index (χ0n) is 8.97. The molecule has 82 valence electrons. The van der Waals surface area contributed by atoms with Gasteiger partial charge in [-0.1, -0.05) is 6.08 Å². The van der Waals surface area contributed by atoms with Crippen molar-refractivity contribution in [1.82, 2.24) is 19.9 Å². The number of rotatable bonds is 3. The summed E-state index contributed by atoms with van der Waals surface area (Å²) in [5.41, 5.74) is 1.75. The standard InChI is InChI=1S/C11H12N4O/c1-3-5-13-11(16)9-8(2)14-15-7-4-6-12-10(9)15/h3-4,6-7H,1,5H2,2H3,(H,13,16). The summed E-state index contributed by atoms with van der Waals surface area (Å²) < 4.78 is 1.60. The Morgan fingerprint density at radius 1 is 1.69 bits per heavy atom. The number of carbonyl (C=O) groups excluding carboxylic acids is 1. The Morgan fingerprint density at radius 2 is 2.50 bits per heavy atom. The molecular weight excluding hydrogens is 204 g/mol. The predicted molar refractivity (Wildman–Crippen MR) is 60.3 cm³/mol. The first-order valence-electron chi connectivity index (χ1n) is 4.93. The Bertz CT molecular complexity index is 544. The number of nitrogens with zero attached hydrogens (tertiary/aromatic N) is 3. The van der Waals surface area contributed by atoms with Gasteiger partial charge in [-0.05, 0) is 13.0 Å². The van der Waals surface area contributed by atoms with E-state index in [0.29, 0.717) is 23.4 Å². The monoisotopic (exact) mass is 216 g/mol. The van der Waals surface area contributed by atoms with Crippen molar-refractivity contribution >= 4 is 11.6 Å². The zero-order valence-corrected chi connectivity index (χ0v) is 8.97. The molecule has 0 radical (unpaired) electrons. The van der Waals surface area contributed by atoms with Crippen LogP contribution in [0.25, 0.3) is 5.65 Å². The third-order valence-electron chi connectivity index (χ3n) is 2.20. The van der Waals surface area contributed by atoms with Gasteiger partial charge >= 0.3 is 0 Å². The summed E-state index contributed by atoms with van der Waals surface area (Å²) in [6, 6.07) is 1.77. The molecule has 0 unspecified atom stereocenters. The molecule has 0 aliphatic carbocycles. The largest absolute Gasteiger partial charge is 0.348 e. The summed E-state index contributed by atoms with van der Waals surface area (Å²) in [6.45, 7) is 5.77. The van der Waals surface area contributed by atoms with E-state index in [1.165, 1.54) is 0 Å². The van der Waals surface area contributed by atoms with Gasteiger partial charge in [0.1, 0.15) is 5.56 Å². The Kier molecular flexibility index (Phi) is 2.68. The van der Waals surface area contributed by atoms with Crippen molar-refractivity contribution in [2.75, 3.05) is 6.54 Å². The van der Waals surface area contributed by atoms with Crippen molar-refractivity contribution in [2.45, 2.75) is 6.92 Å². The first kappa shape index (κ1) is 10.4. The van der Waals surface area contributed by atoms with E-state index in [0.717, 1.165) is 0 Å². The highest BCUT2D eigenvalue weighted by Gasteiger charge is 2.16. The molecule has 0 bridgehead atoms. The van der Waals surface area contributed by atoms with Crippen molar-refractivity contribution in [2.24, 2.45) is 0 Å². The minimum Gasteiger partial charge on any atom is -0.348 e. The highest BCUT2D eigenvalue weighted by atomic mass is 16.1. The van der Waals surface area contributed by atoms with Crippen LogP contribution in [0.5, 0.6) is 0 Å².